The van der Waals surface area contributed by atoms with Crippen molar-refractivity contribution in [3.05, 3.63) is 35.1 Å². The van der Waals surface area contributed by atoms with Crippen LogP contribution < -0.4 is 5.32 Å². The van der Waals surface area contributed by atoms with Crippen molar-refractivity contribution in [3.63, 3.8) is 0 Å². The van der Waals surface area contributed by atoms with Crippen molar-refractivity contribution in [3.8, 4) is 0 Å². The zero-order chi connectivity index (χ0) is 9.26. The molecule has 1 aliphatic heterocycles. The monoisotopic (exact) mass is 181 g/mol. The zero-order valence-corrected chi connectivity index (χ0v) is 7.26. The Kier molecular flexibility index (Phi) is 2.29. The van der Waals surface area contributed by atoms with Crippen molar-refractivity contribution in [2.75, 3.05) is 6.54 Å². The van der Waals surface area contributed by atoms with E-state index in [-0.39, 0.29) is 12.4 Å². The quantitative estimate of drug-likeness (QED) is 0.721. The number of aliphatic hydroxyl groups is 1. The summed E-state index contributed by atoms with van der Waals surface area (Å²) in [7, 11) is 0. The van der Waals surface area contributed by atoms with Gasteiger partial charge in [0, 0.05) is 11.6 Å². The van der Waals surface area contributed by atoms with E-state index in [4.69, 9.17) is 5.11 Å². The molecule has 1 saturated heterocycles. The van der Waals surface area contributed by atoms with Gasteiger partial charge in [0.05, 0.1) is 6.61 Å². The highest BCUT2D eigenvalue weighted by molar-refractivity contribution is 5.28. The smallest absolute Gasteiger partial charge is 0.128 e. The van der Waals surface area contributed by atoms with Crippen LogP contribution in [-0.2, 0) is 6.61 Å². The maximum Gasteiger partial charge on any atom is 0.128 e. The van der Waals surface area contributed by atoms with E-state index in [1.165, 1.54) is 6.07 Å². The maximum absolute atomic E-state index is 13.0. The molecule has 1 aromatic carbocycles. The first-order valence-electron chi connectivity index (χ1n) is 4.44. The number of aliphatic hydroxyl groups excluding tert-OH is 1. The van der Waals surface area contributed by atoms with Crippen LogP contribution in [0.1, 0.15) is 23.6 Å². The molecule has 70 valence electrons. The standard InChI is InChI=1S/C10H12FNO/c11-9-2-1-7(5-8(9)6-13)10-3-4-12-10/h1-2,5,10,12-13H,3-4,6H2/t10-/m1/s1. The van der Waals surface area contributed by atoms with Crippen LogP contribution in [0, 0.1) is 5.82 Å². The topological polar surface area (TPSA) is 32.3 Å². The Labute approximate surface area is 76.4 Å². The lowest BCUT2D eigenvalue weighted by Gasteiger charge is -2.28. The molecule has 0 spiro atoms. The minimum atomic E-state index is -0.328. The number of hydrogen-bond acceptors (Lipinski definition) is 2. The van der Waals surface area contributed by atoms with Crippen molar-refractivity contribution < 1.29 is 9.50 Å². The fraction of sp³-hybridized carbons (Fsp3) is 0.400. The van der Waals surface area contributed by atoms with E-state index in [0.29, 0.717) is 11.6 Å². The largest absolute Gasteiger partial charge is 0.392 e. The van der Waals surface area contributed by atoms with Crippen LogP contribution >= 0.6 is 0 Å². The number of hydrogen-bond donors (Lipinski definition) is 2. The molecular formula is C10H12FNO. The molecule has 2 N–H and O–H groups in total. The molecule has 1 atom stereocenters. The predicted molar refractivity (Wildman–Crippen MR) is 47.7 cm³/mol. The minimum absolute atomic E-state index is 0.230. The van der Waals surface area contributed by atoms with Gasteiger partial charge in [-0.2, -0.15) is 0 Å². The molecule has 0 amide bonds. The lowest BCUT2D eigenvalue weighted by molar-refractivity contribution is 0.275. The van der Waals surface area contributed by atoms with Crippen LogP contribution in [0.4, 0.5) is 4.39 Å². The molecule has 0 saturated carbocycles. The number of nitrogens with one attached hydrogen (secondary N) is 1. The summed E-state index contributed by atoms with van der Waals surface area (Å²) in [5.74, 6) is -0.328. The van der Waals surface area contributed by atoms with Gasteiger partial charge in [-0.05, 0) is 30.7 Å². The highest BCUT2D eigenvalue weighted by atomic mass is 19.1. The van der Waals surface area contributed by atoms with Crippen LogP contribution in [0.2, 0.25) is 0 Å². The number of benzene rings is 1. The van der Waals surface area contributed by atoms with E-state index in [9.17, 15) is 4.39 Å². The van der Waals surface area contributed by atoms with Gasteiger partial charge in [-0.15, -0.1) is 0 Å². The van der Waals surface area contributed by atoms with Crippen molar-refractivity contribution in [1.82, 2.24) is 5.32 Å². The van der Waals surface area contributed by atoms with Gasteiger partial charge in [0.25, 0.3) is 0 Å². The molecular weight excluding hydrogens is 169 g/mol. The maximum atomic E-state index is 13.0. The first-order chi connectivity index (χ1) is 6.31. The molecule has 0 aromatic heterocycles. The first kappa shape index (κ1) is 8.66. The van der Waals surface area contributed by atoms with Gasteiger partial charge in [-0.3, -0.25) is 0 Å². The summed E-state index contributed by atoms with van der Waals surface area (Å²) in [6.45, 7) is 0.795. The van der Waals surface area contributed by atoms with E-state index < -0.39 is 0 Å². The van der Waals surface area contributed by atoms with E-state index in [2.05, 4.69) is 5.32 Å². The Morgan fingerprint density at radius 1 is 1.54 bits per heavy atom. The second-order valence-electron chi connectivity index (χ2n) is 3.30. The molecule has 13 heavy (non-hydrogen) atoms. The van der Waals surface area contributed by atoms with E-state index in [1.54, 1.807) is 12.1 Å². The molecule has 3 heteroatoms. The second-order valence-corrected chi connectivity index (χ2v) is 3.30. The van der Waals surface area contributed by atoms with Gasteiger partial charge in [0.15, 0.2) is 0 Å². The van der Waals surface area contributed by atoms with Gasteiger partial charge in [0.2, 0.25) is 0 Å². The third-order valence-electron chi connectivity index (χ3n) is 2.47. The highest BCUT2D eigenvalue weighted by Gasteiger charge is 2.18. The summed E-state index contributed by atoms with van der Waals surface area (Å²) in [4.78, 5) is 0. The molecule has 0 bridgehead atoms. The minimum Gasteiger partial charge on any atom is -0.392 e. The van der Waals surface area contributed by atoms with Crippen LogP contribution in [0.25, 0.3) is 0 Å². The molecule has 1 heterocycles. The summed E-state index contributed by atoms with van der Waals surface area (Å²) in [6, 6.07) is 5.27. The molecule has 0 aliphatic carbocycles. The molecule has 2 rings (SSSR count). The molecule has 0 radical (unpaired) electrons. The Bertz CT molecular complexity index is 310. The van der Waals surface area contributed by atoms with Gasteiger partial charge in [-0.25, -0.2) is 4.39 Å². The summed E-state index contributed by atoms with van der Waals surface area (Å²) in [6.07, 6.45) is 1.09. The third-order valence-corrected chi connectivity index (χ3v) is 2.47. The van der Waals surface area contributed by atoms with Crippen molar-refractivity contribution >= 4 is 0 Å². The zero-order valence-electron chi connectivity index (χ0n) is 7.26. The number of halogens is 1. The van der Waals surface area contributed by atoms with Crippen LogP contribution in [0.5, 0.6) is 0 Å². The molecule has 1 fully saturated rings. The predicted octanol–water partition coefficient (Wildman–Crippen LogP) is 1.35. The average Bonchev–Trinajstić information content (AvgIpc) is 2.05. The van der Waals surface area contributed by atoms with Crippen LogP contribution in [0.3, 0.4) is 0 Å². The van der Waals surface area contributed by atoms with Crippen molar-refractivity contribution in [2.24, 2.45) is 0 Å². The SMILES string of the molecule is OCc1cc([C@H]2CCN2)ccc1F. The Morgan fingerprint density at radius 3 is 2.85 bits per heavy atom. The number of rotatable bonds is 2. The lowest BCUT2D eigenvalue weighted by atomic mass is 9.96. The summed E-state index contributed by atoms with van der Waals surface area (Å²) >= 11 is 0. The molecule has 2 nitrogen and oxygen atoms in total. The second kappa shape index (κ2) is 3.44. The van der Waals surface area contributed by atoms with Crippen LogP contribution in [-0.4, -0.2) is 11.7 Å². The molecule has 0 unspecified atom stereocenters. The van der Waals surface area contributed by atoms with Gasteiger partial charge < -0.3 is 10.4 Å². The van der Waals surface area contributed by atoms with Crippen molar-refractivity contribution in [1.29, 1.82) is 0 Å². The average molecular weight is 181 g/mol. The van der Waals surface area contributed by atoms with Gasteiger partial charge in [0.1, 0.15) is 5.82 Å². The summed E-state index contributed by atoms with van der Waals surface area (Å²) in [5, 5.41) is 12.1. The lowest BCUT2D eigenvalue weighted by Crippen LogP contribution is -2.34. The summed E-state index contributed by atoms with van der Waals surface area (Å²) < 4.78 is 13.0. The van der Waals surface area contributed by atoms with Gasteiger partial charge in [-0.1, -0.05) is 6.07 Å². The Morgan fingerprint density at radius 2 is 2.31 bits per heavy atom. The van der Waals surface area contributed by atoms with Gasteiger partial charge >= 0.3 is 0 Å². The molecule has 1 aliphatic rings. The van der Waals surface area contributed by atoms with Crippen LogP contribution in [0.15, 0.2) is 18.2 Å². The molecule has 1 aromatic rings. The Hall–Kier alpha value is -0.930. The van der Waals surface area contributed by atoms with E-state index in [1.807, 2.05) is 0 Å². The first-order valence-corrected chi connectivity index (χ1v) is 4.44. The van der Waals surface area contributed by atoms with Crippen molar-refractivity contribution in [2.45, 2.75) is 19.1 Å². The Balaban J connectivity index is 2.26. The highest BCUT2D eigenvalue weighted by Crippen LogP contribution is 2.24. The van der Waals surface area contributed by atoms with E-state index in [0.717, 1.165) is 18.5 Å². The fourth-order valence-electron chi connectivity index (χ4n) is 1.51. The normalized spacial score (nSPS) is 21.2. The summed E-state index contributed by atoms with van der Waals surface area (Å²) in [5.41, 5.74) is 1.45. The fourth-order valence-corrected chi connectivity index (χ4v) is 1.51. The van der Waals surface area contributed by atoms with E-state index >= 15 is 0 Å². The third kappa shape index (κ3) is 1.57.